The van der Waals surface area contributed by atoms with Crippen molar-refractivity contribution in [3.63, 3.8) is 0 Å². The minimum absolute atomic E-state index is 0.00995. The van der Waals surface area contributed by atoms with Gasteiger partial charge in [-0.05, 0) is 36.0 Å². The highest BCUT2D eigenvalue weighted by molar-refractivity contribution is 7.15. The molecule has 2 heterocycles. The average molecular weight is 374 g/mol. The zero-order valence-electron chi connectivity index (χ0n) is 15.2. The van der Waals surface area contributed by atoms with Crippen LogP contribution in [0, 0.1) is 18.7 Å². The lowest BCUT2D eigenvalue weighted by Gasteiger charge is -2.21. The molecule has 0 radical (unpaired) electrons. The standard InChI is InChI=1S/C19H23FN4OS/c1-12(2)16(14-4-5-17(20)13(3)8-14)9-18(25)21-7-6-15-10-26-19-22-11-23-24(15)19/h4-5,8,10-12,16H,6-7,9H2,1-3H3,(H,21,25). The van der Waals surface area contributed by atoms with E-state index in [1.54, 1.807) is 17.5 Å². The third kappa shape index (κ3) is 4.09. The summed E-state index contributed by atoms with van der Waals surface area (Å²) in [5.41, 5.74) is 2.66. The number of aromatic nitrogens is 3. The van der Waals surface area contributed by atoms with Gasteiger partial charge in [0.25, 0.3) is 0 Å². The van der Waals surface area contributed by atoms with Gasteiger partial charge in [-0.1, -0.05) is 26.0 Å². The van der Waals surface area contributed by atoms with Crippen LogP contribution in [-0.2, 0) is 11.2 Å². The lowest BCUT2D eigenvalue weighted by molar-refractivity contribution is -0.121. The number of carbonyl (C=O) groups is 1. The van der Waals surface area contributed by atoms with Crippen molar-refractivity contribution in [3.05, 3.63) is 52.5 Å². The lowest BCUT2D eigenvalue weighted by atomic mass is 9.85. The number of hydrogen-bond donors (Lipinski definition) is 1. The largest absolute Gasteiger partial charge is 0.356 e. The molecule has 1 unspecified atom stereocenters. The van der Waals surface area contributed by atoms with Crippen molar-refractivity contribution in [2.24, 2.45) is 5.92 Å². The minimum Gasteiger partial charge on any atom is -0.356 e. The van der Waals surface area contributed by atoms with Gasteiger partial charge in [-0.3, -0.25) is 4.79 Å². The zero-order valence-corrected chi connectivity index (χ0v) is 16.0. The number of nitrogens with zero attached hydrogens (tertiary/aromatic N) is 3. The first-order valence-electron chi connectivity index (χ1n) is 8.74. The van der Waals surface area contributed by atoms with Gasteiger partial charge in [0, 0.05) is 24.8 Å². The van der Waals surface area contributed by atoms with Crippen LogP contribution >= 0.6 is 11.3 Å². The van der Waals surface area contributed by atoms with Crippen molar-refractivity contribution in [2.75, 3.05) is 6.54 Å². The molecule has 1 atom stereocenters. The minimum atomic E-state index is -0.212. The van der Waals surface area contributed by atoms with E-state index in [-0.39, 0.29) is 23.6 Å². The molecule has 0 bridgehead atoms. The molecule has 0 saturated heterocycles. The highest BCUT2D eigenvalue weighted by Crippen LogP contribution is 2.29. The summed E-state index contributed by atoms with van der Waals surface area (Å²) in [6.45, 7) is 6.48. The molecule has 1 N–H and O–H groups in total. The molecule has 0 aliphatic rings. The third-order valence-corrected chi connectivity index (χ3v) is 5.49. The Morgan fingerprint density at radius 3 is 2.92 bits per heavy atom. The molecule has 0 aliphatic carbocycles. The average Bonchev–Trinajstić information content (AvgIpc) is 3.20. The Morgan fingerprint density at radius 2 is 2.19 bits per heavy atom. The second-order valence-electron chi connectivity index (χ2n) is 6.84. The Bertz CT molecular complexity index is 902. The molecule has 5 nitrogen and oxygen atoms in total. The summed E-state index contributed by atoms with van der Waals surface area (Å²) in [5.74, 6) is 0.154. The van der Waals surface area contributed by atoms with Gasteiger partial charge in [-0.15, -0.1) is 11.3 Å². The highest BCUT2D eigenvalue weighted by atomic mass is 32.1. The van der Waals surface area contributed by atoms with Gasteiger partial charge in [0.1, 0.15) is 12.1 Å². The van der Waals surface area contributed by atoms with E-state index in [0.717, 1.165) is 16.2 Å². The van der Waals surface area contributed by atoms with Crippen molar-refractivity contribution >= 4 is 22.2 Å². The molecule has 1 aromatic carbocycles. The first-order valence-corrected chi connectivity index (χ1v) is 9.62. The number of halogens is 1. The van der Waals surface area contributed by atoms with Crippen LogP contribution in [0.3, 0.4) is 0 Å². The van der Waals surface area contributed by atoms with E-state index >= 15 is 0 Å². The van der Waals surface area contributed by atoms with Crippen molar-refractivity contribution in [1.29, 1.82) is 0 Å². The maximum atomic E-state index is 13.5. The third-order valence-electron chi connectivity index (χ3n) is 4.61. The Labute approximate surface area is 156 Å². The number of fused-ring (bicyclic) bond motifs is 1. The summed E-state index contributed by atoms with van der Waals surface area (Å²) in [7, 11) is 0. The lowest BCUT2D eigenvalue weighted by Crippen LogP contribution is -2.28. The molecule has 0 aliphatic heterocycles. The fourth-order valence-electron chi connectivity index (χ4n) is 3.08. The van der Waals surface area contributed by atoms with Crippen LogP contribution in [0.2, 0.25) is 0 Å². The van der Waals surface area contributed by atoms with Crippen LogP contribution in [0.4, 0.5) is 4.39 Å². The molecule has 3 aromatic rings. The molecule has 3 rings (SSSR count). The predicted molar refractivity (Wildman–Crippen MR) is 101 cm³/mol. The maximum Gasteiger partial charge on any atom is 0.220 e. The summed E-state index contributed by atoms with van der Waals surface area (Å²) in [6.07, 6.45) is 2.63. The molecular weight excluding hydrogens is 351 g/mol. The fraction of sp³-hybridized carbons (Fsp3) is 0.421. The molecule has 138 valence electrons. The van der Waals surface area contributed by atoms with E-state index in [1.165, 1.54) is 23.7 Å². The quantitative estimate of drug-likeness (QED) is 0.686. The smallest absolute Gasteiger partial charge is 0.220 e. The van der Waals surface area contributed by atoms with Gasteiger partial charge in [0.05, 0.1) is 5.69 Å². The first kappa shape index (κ1) is 18.5. The Morgan fingerprint density at radius 1 is 1.38 bits per heavy atom. The second-order valence-corrected chi connectivity index (χ2v) is 7.68. The summed E-state index contributed by atoms with van der Waals surface area (Å²) in [5, 5.41) is 9.18. The SMILES string of the molecule is Cc1cc(C(CC(=O)NCCc2csc3ncnn23)C(C)C)ccc1F. The van der Waals surface area contributed by atoms with E-state index in [1.807, 2.05) is 11.4 Å². The number of aryl methyl sites for hydroxylation is 1. The van der Waals surface area contributed by atoms with Gasteiger partial charge >= 0.3 is 0 Å². The second kappa shape index (κ2) is 7.95. The monoisotopic (exact) mass is 374 g/mol. The van der Waals surface area contributed by atoms with Crippen LogP contribution in [0.15, 0.2) is 29.9 Å². The fourth-order valence-corrected chi connectivity index (χ4v) is 3.91. The van der Waals surface area contributed by atoms with Crippen LogP contribution in [0.1, 0.15) is 43.0 Å². The van der Waals surface area contributed by atoms with E-state index in [0.29, 0.717) is 24.9 Å². The molecule has 0 saturated carbocycles. The van der Waals surface area contributed by atoms with Crippen molar-refractivity contribution in [2.45, 2.75) is 39.5 Å². The van der Waals surface area contributed by atoms with Crippen LogP contribution in [0.25, 0.3) is 4.96 Å². The Kier molecular flexibility index (Phi) is 5.66. The highest BCUT2D eigenvalue weighted by Gasteiger charge is 2.20. The molecule has 1 amide bonds. The number of carbonyl (C=O) groups excluding carboxylic acids is 1. The summed E-state index contributed by atoms with van der Waals surface area (Å²) >= 11 is 1.54. The molecule has 2 aromatic heterocycles. The topological polar surface area (TPSA) is 59.3 Å². The van der Waals surface area contributed by atoms with Gasteiger partial charge in [-0.25, -0.2) is 13.9 Å². The van der Waals surface area contributed by atoms with E-state index in [9.17, 15) is 9.18 Å². The normalized spacial score (nSPS) is 12.7. The number of benzene rings is 1. The van der Waals surface area contributed by atoms with Gasteiger partial charge in [0.2, 0.25) is 10.9 Å². The summed E-state index contributed by atoms with van der Waals surface area (Å²) < 4.78 is 15.3. The van der Waals surface area contributed by atoms with Crippen LogP contribution in [-0.4, -0.2) is 27.0 Å². The van der Waals surface area contributed by atoms with E-state index < -0.39 is 0 Å². The van der Waals surface area contributed by atoms with Crippen molar-refractivity contribution in [1.82, 2.24) is 19.9 Å². The van der Waals surface area contributed by atoms with Crippen LogP contribution < -0.4 is 5.32 Å². The van der Waals surface area contributed by atoms with E-state index in [4.69, 9.17) is 0 Å². The molecular formula is C19H23FN4OS. The van der Waals surface area contributed by atoms with Crippen LogP contribution in [0.5, 0.6) is 0 Å². The molecule has 0 fully saturated rings. The number of thiazole rings is 1. The first-order chi connectivity index (χ1) is 12.5. The Hall–Kier alpha value is -2.28. The maximum absolute atomic E-state index is 13.5. The molecule has 0 spiro atoms. The van der Waals surface area contributed by atoms with Gasteiger partial charge in [0.15, 0.2) is 0 Å². The van der Waals surface area contributed by atoms with Gasteiger partial charge in [-0.2, -0.15) is 5.10 Å². The summed E-state index contributed by atoms with van der Waals surface area (Å²) in [4.78, 5) is 17.4. The van der Waals surface area contributed by atoms with Crippen molar-refractivity contribution < 1.29 is 9.18 Å². The van der Waals surface area contributed by atoms with Gasteiger partial charge < -0.3 is 5.32 Å². The number of hydrogen-bond acceptors (Lipinski definition) is 4. The molecule has 26 heavy (non-hydrogen) atoms. The Balaban J connectivity index is 1.58. The number of rotatable bonds is 7. The number of nitrogens with one attached hydrogen (secondary N) is 1. The number of amides is 1. The van der Waals surface area contributed by atoms with Crippen molar-refractivity contribution in [3.8, 4) is 0 Å². The summed E-state index contributed by atoms with van der Waals surface area (Å²) in [6, 6.07) is 5.12. The molecule has 7 heteroatoms. The van der Waals surface area contributed by atoms with E-state index in [2.05, 4.69) is 29.2 Å². The zero-order chi connectivity index (χ0) is 18.7. The predicted octanol–water partition coefficient (Wildman–Crippen LogP) is 3.73.